The first-order valence-corrected chi connectivity index (χ1v) is 5.61. The van der Waals surface area contributed by atoms with Crippen molar-refractivity contribution in [3.63, 3.8) is 0 Å². The van der Waals surface area contributed by atoms with Gasteiger partial charge in [0.25, 0.3) is 0 Å². The van der Waals surface area contributed by atoms with Crippen LogP contribution in [0, 0.1) is 17.8 Å². The molecule has 3 unspecified atom stereocenters. The van der Waals surface area contributed by atoms with E-state index in [2.05, 4.69) is 20.8 Å². The predicted molar refractivity (Wildman–Crippen MR) is 56.8 cm³/mol. The van der Waals surface area contributed by atoms with Gasteiger partial charge < -0.3 is 4.74 Å². The molecular weight excluding hydrogens is 176 g/mol. The number of hydrogen-bond donors (Lipinski definition) is 0. The summed E-state index contributed by atoms with van der Waals surface area (Å²) < 4.78 is 5.55. The standard InChI is InChI=1S/C12H21O2/c1-9(2)11-5-4-10(3)8-12(11)14-7-6-13/h9-12H,4-5,7-8H2,1-3H3. The fourth-order valence-electron chi connectivity index (χ4n) is 2.45. The van der Waals surface area contributed by atoms with Crippen molar-refractivity contribution in [2.45, 2.75) is 46.1 Å². The number of hydrogen-bond acceptors (Lipinski definition) is 2. The Morgan fingerprint density at radius 2 is 2.14 bits per heavy atom. The summed E-state index contributed by atoms with van der Waals surface area (Å²) in [7, 11) is 0. The quantitative estimate of drug-likeness (QED) is 0.692. The third-order valence-corrected chi connectivity index (χ3v) is 3.32. The van der Waals surface area contributed by atoms with Crippen LogP contribution in [0.15, 0.2) is 0 Å². The topological polar surface area (TPSA) is 26.3 Å². The second-order valence-electron chi connectivity index (χ2n) is 4.82. The van der Waals surface area contributed by atoms with Crippen LogP contribution >= 0.6 is 0 Å². The number of rotatable bonds is 4. The lowest BCUT2D eigenvalue weighted by molar-refractivity contribution is -0.0223. The van der Waals surface area contributed by atoms with E-state index in [0.29, 0.717) is 11.8 Å². The first kappa shape index (κ1) is 11.7. The molecule has 14 heavy (non-hydrogen) atoms. The highest BCUT2D eigenvalue weighted by molar-refractivity contribution is 5.51. The van der Waals surface area contributed by atoms with E-state index in [0.717, 1.165) is 12.3 Å². The molecule has 1 radical (unpaired) electrons. The molecule has 3 atom stereocenters. The average molecular weight is 197 g/mol. The van der Waals surface area contributed by atoms with Crippen LogP contribution < -0.4 is 0 Å². The van der Waals surface area contributed by atoms with Crippen LogP contribution in [0.1, 0.15) is 40.0 Å². The Hall–Kier alpha value is -0.370. The third-order valence-electron chi connectivity index (χ3n) is 3.32. The van der Waals surface area contributed by atoms with Gasteiger partial charge in [-0.25, -0.2) is 0 Å². The van der Waals surface area contributed by atoms with Gasteiger partial charge in [-0.15, -0.1) is 0 Å². The van der Waals surface area contributed by atoms with Crippen LogP contribution in [0.25, 0.3) is 0 Å². The van der Waals surface area contributed by atoms with Gasteiger partial charge in [-0.05, 0) is 30.6 Å². The van der Waals surface area contributed by atoms with E-state index in [1.54, 1.807) is 0 Å². The largest absolute Gasteiger partial charge is 0.370 e. The second kappa shape index (κ2) is 5.50. The van der Waals surface area contributed by atoms with Crippen LogP contribution in [-0.2, 0) is 9.53 Å². The molecule has 0 bridgehead atoms. The SMILES string of the molecule is CC1CCC(C(C)C)C(OC[C]=O)C1. The summed E-state index contributed by atoms with van der Waals surface area (Å²) in [4.78, 5) is 10.2. The van der Waals surface area contributed by atoms with Crippen molar-refractivity contribution < 1.29 is 9.53 Å². The summed E-state index contributed by atoms with van der Waals surface area (Å²) >= 11 is 0. The Kier molecular flexibility index (Phi) is 4.59. The molecule has 1 aliphatic rings. The van der Waals surface area contributed by atoms with Gasteiger partial charge >= 0.3 is 0 Å². The Labute approximate surface area is 87.0 Å². The van der Waals surface area contributed by atoms with Crippen molar-refractivity contribution in [3.05, 3.63) is 0 Å². The molecular formula is C12H21O2. The molecule has 1 aliphatic carbocycles. The highest BCUT2D eigenvalue weighted by atomic mass is 16.5. The molecule has 81 valence electrons. The fourth-order valence-corrected chi connectivity index (χ4v) is 2.45. The summed E-state index contributed by atoms with van der Waals surface area (Å²) in [5, 5.41) is 0. The minimum Gasteiger partial charge on any atom is -0.370 e. The van der Waals surface area contributed by atoms with Gasteiger partial charge in [0.05, 0.1) is 6.10 Å². The van der Waals surface area contributed by atoms with E-state index >= 15 is 0 Å². The van der Waals surface area contributed by atoms with E-state index in [1.165, 1.54) is 12.8 Å². The zero-order valence-corrected chi connectivity index (χ0v) is 9.45. The monoisotopic (exact) mass is 197 g/mol. The van der Waals surface area contributed by atoms with Crippen molar-refractivity contribution >= 4 is 6.29 Å². The van der Waals surface area contributed by atoms with Gasteiger partial charge in [-0.2, -0.15) is 0 Å². The molecule has 0 saturated heterocycles. The van der Waals surface area contributed by atoms with Crippen molar-refractivity contribution in [1.29, 1.82) is 0 Å². The summed E-state index contributed by atoms with van der Waals surface area (Å²) in [6.07, 6.45) is 5.73. The molecule has 0 heterocycles. The van der Waals surface area contributed by atoms with E-state index in [1.807, 2.05) is 6.29 Å². The minimum absolute atomic E-state index is 0.139. The van der Waals surface area contributed by atoms with Crippen molar-refractivity contribution in [1.82, 2.24) is 0 Å². The number of carbonyl (C=O) groups excluding carboxylic acids is 1. The molecule has 0 spiro atoms. The molecule has 2 heteroatoms. The maximum absolute atomic E-state index is 10.2. The van der Waals surface area contributed by atoms with Gasteiger partial charge in [0.2, 0.25) is 6.29 Å². The summed E-state index contributed by atoms with van der Waals surface area (Å²) in [5.74, 6) is 2.01. The van der Waals surface area contributed by atoms with Crippen LogP contribution in [0.5, 0.6) is 0 Å². The molecule has 0 aromatic carbocycles. The maximum Gasteiger partial charge on any atom is 0.226 e. The summed E-state index contributed by atoms with van der Waals surface area (Å²) in [6, 6.07) is 0. The fraction of sp³-hybridized carbons (Fsp3) is 0.917. The summed E-state index contributed by atoms with van der Waals surface area (Å²) in [5.41, 5.74) is 0. The molecule has 0 aliphatic heterocycles. The van der Waals surface area contributed by atoms with Crippen molar-refractivity contribution in [2.75, 3.05) is 6.61 Å². The minimum atomic E-state index is 0.139. The first-order valence-electron chi connectivity index (χ1n) is 5.61. The highest BCUT2D eigenvalue weighted by Crippen LogP contribution is 2.35. The Balaban J connectivity index is 2.49. The molecule has 0 aromatic rings. The molecule has 0 aromatic heterocycles. The Bertz CT molecular complexity index is 177. The van der Waals surface area contributed by atoms with E-state index in [9.17, 15) is 4.79 Å². The predicted octanol–water partition coefficient (Wildman–Crippen LogP) is 2.57. The zero-order chi connectivity index (χ0) is 10.6. The second-order valence-corrected chi connectivity index (χ2v) is 4.82. The van der Waals surface area contributed by atoms with Crippen molar-refractivity contribution in [2.24, 2.45) is 17.8 Å². The van der Waals surface area contributed by atoms with Gasteiger partial charge in [-0.1, -0.05) is 27.2 Å². The molecule has 0 N–H and O–H groups in total. The van der Waals surface area contributed by atoms with E-state index < -0.39 is 0 Å². The molecule has 1 saturated carbocycles. The first-order chi connectivity index (χ1) is 6.65. The molecule has 2 nitrogen and oxygen atoms in total. The lowest BCUT2D eigenvalue weighted by atomic mass is 9.75. The normalized spacial score (nSPS) is 33.3. The van der Waals surface area contributed by atoms with Gasteiger partial charge in [0, 0.05) is 0 Å². The van der Waals surface area contributed by atoms with E-state index in [-0.39, 0.29) is 12.7 Å². The van der Waals surface area contributed by atoms with Gasteiger partial charge in [0.1, 0.15) is 6.61 Å². The lowest BCUT2D eigenvalue weighted by Gasteiger charge is -2.36. The Morgan fingerprint density at radius 1 is 1.43 bits per heavy atom. The molecule has 0 amide bonds. The molecule has 1 fully saturated rings. The maximum atomic E-state index is 10.2. The Morgan fingerprint density at radius 3 is 2.71 bits per heavy atom. The third kappa shape index (κ3) is 3.09. The van der Waals surface area contributed by atoms with Gasteiger partial charge in [0.15, 0.2) is 0 Å². The van der Waals surface area contributed by atoms with Crippen LogP contribution in [0.3, 0.4) is 0 Å². The van der Waals surface area contributed by atoms with Crippen LogP contribution in [0.4, 0.5) is 0 Å². The summed E-state index contributed by atoms with van der Waals surface area (Å²) in [6.45, 7) is 6.88. The van der Waals surface area contributed by atoms with Crippen LogP contribution in [0.2, 0.25) is 0 Å². The highest BCUT2D eigenvalue weighted by Gasteiger charge is 2.31. The van der Waals surface area contributed by atoms with E-state index in [4.69, 9.17) is 4.74 Å². The lowest BCUT2D eigenvalue weighted by Crippen LogP contribution is -2.34. The zero-order valence-electron chi connectivity index (χ0n) is 9.45. The average Bonchev–Trinajstić information content (AvgIpc) is 2.14. The van der Waals surface area contributed by atoms with Crippen LogP contribution in [-0.4, -0.2) is 19.0 Å². The van der Waals surface area contributed by atoms with Crippen molar-refractivity contribution in [3.8, 4) is 0 Å². The smallest absolute Gasteiger partial charge is 0.226 e. The number of ether oxygens (including phenoxy) is 1. The molecule has 1 rings (SSSR count). The van der Waals surface area contributed by atoms with Gasteiger partial charge in [-0.3, -0.25) is 4.79 Å².